The predicted octanol–water partition coefficient (Wildman–Crippen LogP) is 4.19. The lowest BCUT2D eigenvalue weighted by Gasteiger charge is -2.24. The lowest BCUT2D eigenvalue weighted by molar-refractivity contribution is 0.514. The molecule has 2 rings (SSSR count). The molecule has 0 heterocycles. The van der Waals surface area contributed by atoms with E-state index >= 15 is 0 Å². The quantitative estimate of drug-likeness (QED) is 0.836. The molecule has 0 radical (unpaired) electrons. The summed E-state index contributed by atoms with van der Waals surface area (Å²) in [7, 11) is 2.10. The summed E-state index contributed by atoms with van der Waals surface area (Å²) in [5.41, 5.74) is 2.91. The van der Waals surface area contributed by atoms with Crippen LogP contribution in [-0.2, 0) is 6.42 Å². The number of thioether (sulfide) groups is 1. The van der Waals surface area contributed by atoms with E-state index in [1.165, 1.54) is 49.0 Å². The molecule has 1 aromatic rings. The molecular weight excluding hydrogens is 250 g/mol. The van der Waals surface area contributed by atoms with Crippen molar-refractivity contribution in [3.63, 3.8) is 0 Å². The summed E-state index contributed by atoms with van der Waals surface area (Å²) in [6, 6.07) is 9.38. The maximum Gasteiger partial charge on any atom is 0.0195 e. The summed E-state index contributed by atoms with van der Waals surface area (Å²) in [5.74, 6) is 1.25. The Morgan fingerprint density at radius 2 is 1.95 bits per heavy atom. The minimum absolute atomic E-state index is 0.605. The van der Waals surface area contributed by atoms with Gasteiger partial charge in [-0.3, -0.25) is 0 Å². The Kier molecular flexibility index (Phi) is 6.25. The van der Waals surface area contributed by atoms with Gasteiger partial charge in [-0.1, -0.05) is 43.5 Å². The van der Waals surface area contributed by atoms with Crippen LogP contribution in [0.5, 0.6) is 0 Å². The molecule has 0 amide bonds. The zero-order valence-electron chi connectivity index (χ0n) is 12.3. The normalized spacial score (nSPS) is 18.4. The molecule has 106 valence electrons. The fourth-order valence-corrected chi connectivity index (χ4v) is 4.29. The summed E-state index contributed by atoms with van der Waals surface area (Å²) in [4.78, 5) is 0. The smallest absolute Gasteiger partial charge is 0.0195 e. The molecule has 1 fully saturated rings. The van der Waals surface area contributed by atoms with Gasteiger partial charge in [0.2, 0.25) is 0 Å². The molecular formula is C17H27NS. The number of benzene rings is 1. The summed E-state index contributed by atoms with van der Waals surface area (Å²) >= 11 is 2.19. The van der Waals surface area contributed by atoms with Crippen molar-refractivity contribution >= 4 is 11.8 Å². The summed E-state index contributed by atoms with van der Waals surface area (Å²) in [6.07, 6.45) is 8.37. The second kappa shape index (κ2) is 7.96. The van der Waals surface area contributed by atoms with Crippen LogP contribution in [0.2, 0.25) is 0 Å². The van der Waals surface area contributed by atoms with Crippen molar-refractivity contribution in [1.82, 2.24) is 5.32 Å². The third-order valence-corrected chi connectivity index (χ3v) is 5.76. The van der Waals surface area contributed by atoms with Gasteiger partial charge >= 0.3 is 0 Å². The molecule has 0 saturated heterocycles. The van der Waals surface area contributed by atoms with Gasteiger partial charge in [-0.15, -0.1) is 0 Å². The van der Waals surface area contributed by atoms with E-state index in [0.29, 0.717) is 6.04 Å². The van der Waals surface area contributed by atoms with Crippen LogP contribution in [0.3, 0.4) is 0 Å². The average Bonchev–Trinajstić information content (AvgIpc) is 2.46. The molecule has 1 atom stereocenters. The van der Waals surface area contributed by atoms with Crippen molar-refractivity contribution in [1.29, 1.82) is 0 Å². The first-order chi connectivity index (χ1) is 9.29. The van der Waals surface area contributed by atoms with E-state index in [-0.39, 0.29) is 0 Å². The van der Waals surface area contributed by atoms with Crippen LogP contribution in [0.4, 0.5) is 0 Å². The standard InChI is InChI=1S/C17H27NS/c1-14-8-6-7-9-15(14)12-16(18-2)13-19-17-10-4-3-5-11-17/h6-9,16-18H,3-5,10-13H2,1-2H3. The number of hydrogen-bond acceptors (Lipinski definition) is 2. The number of likely N-dealkylation sites (N-methyl/N-ethyl adjacent to an activating group) is 1. The first kappa shape index (κ1) is 14.9. The van der Waals surface area contributed by atoms with E-state index in [1.807, 2.05) is 0 Å². The van der Waals surface area contributed by atoms with Gasteiger partial charge in [0.05, 0.1) is 0 Å². The van der Waals surface area contributed by atoms with Crippen LogP contribution in [0, 0.1) is 6.92 Å². The van der Waals surface area contributed by atoms with Gasteiger partial charge in [-0.25, -0.2) is 0 Å². The fourth-order valence-electron chi connectivity index (χ4n) is 2.83. The van der Waals surface area contributed by atoms with Crippen molar-refractivity contribution < 1.29 is 0 Å². The zero-order chi connectivity index (χ0) is 13.5. The van der Waals surface area contributed by atoms with Gasteiger partial charge in [0.1, 0.15) is 0 Å². The molecule has 19 heavy (non-hydrogen) atoms. The highest BCUT2D eigenvalue weighted by molar-refractivity contribution is 7.99. The molecule has 0 spiro atoms. The molecule has 1 aliphatic carbocycles. The third kappa shape index (κ3) is 4.85. The van der Waals surface area contributed by atoms with E-state index in [9.17, 15) is 0 Å². The first-order valence-electron chi connectivity index (χ1n) is 7.63. The monoisotopic (exact) mass is 277 g/mol. The van der Waals surface area contributed by atoms with Gasteiger partial charge < -0.3 is 5.32 Å². The van der Waals surface area contributed by atoms with Crippen LogP contribution in [0.15, 0.2) is 24.3 Å². The van der Waals surface area contributed by atoms with Gasteiger partial charge in [0, 0.05) is 17.0 Å². The minimum Gasteiger partial charge on any atom is -0.316 e. The molecule has 1 N–H and O–H groups in total. The van der Waals surface area contributed by atoms with Crippen LogP contribution < -0.4 is 5.32 Å². The lowest BCUT2D eigenvalue weighted by atomic mass is 10.0. The number of hydrogen-bond donors (Lipinski definition) is 1. The summed E-state index contributed by atoms with van der Waals surface area (Å²) in [5, 5.41) is 4.41. The minimum atomic E-state index is 0.605. The lowest BCUT2D eigenvalue weighted by Crippen LogP contribution is -2.31. The summed E-state index contributed by atoms with van der Waals surface area (Å²) in [6.45, 7) is 2.22. The van der Waals surface area contributed by atoms with Gasteiger partial charge in [0.25, 0.3) is 0 Å². The SMILES string of the molecule is CNC(CSC1CCCCC1)Cc1ccccc1C. The predicted molar refractivity (Wildman–Crippen MR) is 87.1 cm³/mol. The van der Waals surface area contributed by atoms with Gasteiger partial charge in [-0.2, -0.15) is 11.8 Å². The Bertz CT molecular complexity index is 371. The Morgan fingerprint density at radius 1 is 1.21 bits per heavy atom. The number of nitrogens with one attached hydrogen (secondary N) is 1. The van der Waals surface area contributed by atoms with Crippen LogP contribution in [-0.4, -0.2) is 24.1 Å². The average molecular weight is 277 g/mol. The maximum atomic E-state index is 3.50. The van der Waals surface area contributed by atoms with E-state index in [4.69, 9.17) is 0 Å². The molecule has 1 aromatic carbocycles. The highest BCUT2D eigenvalue weighted by Crippen LogP contribution is 2.29. The topological polar surface area (TPSA) is 12.0 Å². The van der Waals surface area contributed by atoms with Crippen molar-refractivity contribution in [2.45, 2.75) is 56.7 Å². The second-order valence-electron chi connectivity index (χ2n) is 5.71. The molecule has 2 heteroatoms. The highest BCUT2D eigenvalue weighted by atomic mass is 32.2. The first-order valence-corrected chi connectivity index (χ1v) is 8.68. The third-order valence-electron chi connectivity index (χ3n) is 4.22. The van der Waals surface area contributed by atoms with E-state index in [0.717, 1.165) is 11.7 Å². The molecule has 0 aliphatic heterocycles. The molecule has 0 bridgehead atoms. The van der Waals surface area contributed by atoms with E-state index in [2.05, 4.69) is 55.3 Å². The Hall–Kier alpha value is -0.470. The zero-order valence-corrected chi connectivity index (χ0v) is 13.1. The Balaban J connectivity index is 1.81. The van der Waals surface area contributed by atoms with Gasteiger partial charge in [0.15, 0.2) is 0 Å². The molecule has 1 aliphatic rings. The number of aryl methyl sites for hydroxylation is 1. The van der Waals surface area contributed by atoms with Crippen molar-refractivity contribution in [2.24, 2.45) is 0 Å². The summed E-state index contributed by atoms with van der Waals surface area (Å²) < 4.78 is 0. The Labute approximate surface area is 122 Å². The Morgan fingerprint density at radius 3 is 2.63 bits per heavy atom. The highest BCUT2D eigenvalue weighted by Gasteiger charge is 2.16. The number of rotatable bonds is 6. The maximum absolute atomic E-state index is 3.50. The molecule has 0 aromatic heterocycles. The molecule has 1 unspecified atom stereocenters. The van der Waals surface area contributed by atoms with Gasteiger partial charge in [-0.05, 0) is 44.4 Å². The second-order valence-corrected chi connectivity index (χ2v) is 7.04. The van der Waals surface area contributed by atoms with Crippen LogP contribution in [0.1, 0.15) is 43.2 Å². The van der Waals surface area contributed by atoms with Crippen molar-refractivity contribution in [3.8, 4) is 0 Å². The fraction of sp³-hybridized carbons (Fsp3) is 0.647. The van der Waals surface area contributed by atoms with E-state index < -0.39 is 0 Å². The van der Waals surface area contributed by atoms with E-state index in [1.54, 1.807) is 0 Å². The largest absolute Gasteiger partial charge is 0.316 e. The molecule has 1 nitrogen and oxygen atoms in total. The van der Waals surface area contributed by atoms with Crippen LogP contribution >= 0.6 is 11.8 Å². The van der Waals surface area contributed by atoms with Crippen molar-refractivity contribution in [3.05, 3.63) is 35.4 Å². The van der Waals surface area contributed by atoms with Crippen molar-refractivity contribution in [2.75, 3.05) is 12.8 Å². The molecule has 1 saturated carbocycles. The van der Waals surface area contributed by atoms with Crippen LogP contribution in [0.25, 0.3) is 0 Å².